The van der Waals surface area contributed by atoms with Crippen molar-refractivity contribution in [1.82, 2.24) is 19.6 Å². The van der Waals surface area contributed by atoms with Gasteiger partial charge in [-0.05, 0) is 37.1 Å². The number of pyridine rings is 1. The SMILES string of the molecule is N#Cc1cnc2c(Nc3cccc(NC(=O)c4ccccc4)n3)cc(N[C@@H]3CCCC[C@H]3O)nn12. The number of fused-ring (bicyclic) bond motifs is 1. The van der Waals surface area contributed by atoms with Crippen molar-refractivity contribution >= 4 is 34.7 Å². The molecular formula is C25H24N8O2. The highest BCUT2D eigenvalue weighted by Gasteiger charge is 2.24. The Balaban J connectivity index is 1.42. The number of aromatic nitrogens is 4. The van der Waals surface area contributed by atoms with Crippen LogP contribution >= 0.6 is 0 Å². The van der Waals surface area contributed by atoms with Crippen molar-refractivity contribution in [2.75, 3.05) is 16.0 Å². The number of carbonyl (C=O) groups excluding carboxylic acids is 1. The maximum absolute atomic E-state index is 12.5. The Morgan fingerprint density at radius 3 is 2.66 bits per heavy atom. The second-order valence-corrected chi connectivity index (χ2v) is 8.39. The second-order valence-electron chi connectivity index (χ2n) is 8.39. The van der Waals surface area contributed by atoms with E-state index in [9.17, 15) is 15.2 Å². The molecule has 5 rings (SSSR count). The van der Waals surface area contributed by atoms with E-state index in [1.54, 1.807) is 48.5 Å². The number of imidazole rings is 1. The summed E-state index contributed by atoms with van der Waals surface area (Å²) >= 11 is 0. The summed E-state index contributed by atoms with van der Waals surface area (Å²) in [6.45, 7) is 0. The Kier molecular flexibility index (Phi) is 6.24. The van der Waals surface area contributed by atoms with Gasteiger partial charge in [-0.15, -0.1) is 5.10 Å². The quantitative estimate of drug-likeness (QED) is 0.336. The first-order chi connectivity index (χ1) is 17.1. The minimum Gasteiger partial charge on any atom is -0.391 e. The first-order valence-electron chi connectivity index (χ1n) is 11.4. The Morgan fingerprint density at radius 2 is 1.86 bits per heavy atom. The normalized spacial score (nSPS) is 17.5. The Labute approximate surface area is 201 Å². The summed E-state index contributed by atoms with van der Waals surface area (Å²) in [6, 6.07) is 17.9. The van der Waals surface area contributed by atoms with Crippen molar-refractivity contribution in [3.63, 3.8) is 0 Å². The van der Waals surface area contributed by atoms with Crippen LogP contribution in [0.1, 0.15) is 41.7 Å². The lowest BCUT2D eigenvalue weighted by Crippen LogP contribution is -2.36. The molecule has 1 amide bonds. The number of amides is 1. The third kappa shape index (κ3) is 4.90. The van der Waals surface area contributed by atoms with Crippen molar-refractivity contribution in [2.24, 2.45) is 0 Å². The summed E-state index contributed by atoms with van der Waals surface area (Å²) < 4.78 is 1.46. The van der Waals surface area contributed by atoms with Crippen molar-refractivity contribution in [1.29, 1.82) is 5.26 Å². The molecule has 35 heavy (non-hydrogen) atoms. The molecule has 0 radical (unpaired) electrons. The molecule has 1 aliphatic rings. The second kappa shape index (κ2) is 9.79. The first kappa shape index (κ1) is 22.3. The molecule has 1 fully saturated rings. The molecule has 176 valence electrons. The largest absolute Gasteiger partial charge is 0.391 e. The monoisotopic (exact) mass is 468 g/mol. The van der Waals surface area contributed by atoms with Crippen LogP contribution in [0.3, 0.4) is 0 Å². The smallest absolute Gasteiger partial charge is 0.256 e. The molecule has 1 saturated carbocycles. The highest BCUT2D eigenvalue weighted by molar-refractivity contribution is 6.03. The van der Waals surface area contributed by atoms with E-state index in [-0.39, 0.29) is 17.6 Å². The van der Waals surface area contributed by atoms with Crippen LogP contribution in [0.2, 0.25) is 0 Å². The molecule has 3 heterocycles. The van der Waals surface area contributed by atoms with Gasteiger partial charge in [-0.25, -0.2) is 9.97 Å². The van der Waals surface area contributed by atoms with Crippen LogP contribution in [0, 0.1) is 11.3 Å². The average Bonchev–Trinajstić information content (AvgIpc) is 3.29. The van der Waals surface area contributed by atoms with E-state index >= 15 is 0 Å². The molecule has 4 N–H and O–H groups in total. The Morgan fingerprint density at radius 1 is 1.06 bits per heavy atom. The fourth-order valence-electron chi connectivity index (χ4n) is 4.17. The number of aliphatic hydroxyl groups excluding tert-OH is 1. The predicted octanol–water partition coefficient (Wildman–Crippen LogP) is 3.71. The summed E-state index contributed by atoms with van der Waals surface area (Å²) in [5.74, 6) is 1.12. The van der Waals surface area contributed by atoms with Crippen LogP contribution in [0.25, 0.3) is 5.65 Å². The summed E-state index contributed by atoms with van der Waals surface area (Å²) in [6.07, 6.45) is 4.61. The Bertz CT molecular complexity index is 1400. The van der Waals surface area contributed by atoms with Gasteiger partial charge in [-0.2, -0.15) is 9.78 Å². The highest BCUT2D eigenvalue weighted by atomic mass is 16.3. The van der Waals surface area contributed by atoms with E-state index in [2.05, 4.69) is 37.1 Å². The van der Waals surface area contributed by atoms with E-state index in [0.717, 1.165) is 25.7 Å². The lowest BCUT2D eigenvalue weighted by Gasteiger charge is -2.28. The fourth-order valence-corrected chi connectivity index (χ4v) is 4.17. The number of benzene rings is 1. The van der Waals surface area contributed by atoms with Gasteiger partial charge in [-0.3, -0.25) is 4.79 Å². The van der Waals surface area contributed by atoms with Gasteiger partial charge < -0.3 is 21.1 Å². The standard InChI is InChI=1S/C25H24N8O2/c26-14-17-15-27-24-19(13-23(32-33(17)24)28-18-9-4-5-10-20(18)34)29-21-11-6-12-22(30-21)31-25(35)16-7-2-1-3-8-16/h1-3,6-8,11-13,15,18,20,34H,4-5,9-10H2,(H,28,32)(H2,29,30,31,35)/t18-,20-/m1/s1. The van der Waals surface area contributed by atoms with Crippen LogP contribution in [-0.4, -0.2) is 42.7 Å². The predicted molar refractivity (Wildman–Crippen MR) is 132 cm³/mol. The summed E-state index contributed by atoms with van der Waals surface area (Å²) in [4.78, 5) is 21.3. The molecular weight excluding hydrogens is 444 g/mol. The molecule has 1 aromatic carbocycles. The van der Waals surface area contributed by atoms with Crippen molar-refractivity contribution in [2.45, 2.75) is 37.8 Å². The first-order valence-corrected chi connectivity index (χ1v) is 11.4. The highest BCUT2D eigenvalue weighted by Crippen LogP contribution is 2.27. The maximum Gasteiger partial charge on any atom is 0.256 e. The third-order valence-electron chi connectivity index (χ3n) is 5.93. The molecule has 0 bridgehead atoms. The van der Waals surface area contributed by atoms with Gasteiger partial charge in [0.05, 0.1) is 24.0 Å². The number of nitriles is 1. The molecule has 4 aromatic rings. The summed E-state index contributed by atoms with van der Waals surface area (Å²) in [7, 11) is 0. The van der Waals surface area contributed by atoms with Crippen LogP contribution in [-0.2, 0) is 0 Å². The zero-order chi connectivity index (χ0) is 24.2. The number of carbonyl (C=O) groups is 1. The zero-order valence-electron chi connectivity index (χ0n) is 18.8. The van der Waals surface area contributed by atoms with Gasteiger partial charge in [0.1, 0.15) is 23.5 Å². The molecule has 3 aromatic heterocycles. The molecule has 10 heteroatoms. The van der Waals surface area contributed by atoms with Gasteiger partial charge in [0.15, 0.2) is 11.3 Å². The van der Waals surface area contributed by atoms with Crippen molar-refractivity contribution in [3.8, 4) is 6.07 Å². The van der Waals surface area contributed by atoms with Crippen molar-refractivity contribution in [3.05, 3.63) is 72.1 Å². The molecule has 0 saturated heterocycles. The number of aliphatic hydroxyl groups is 1. The maximum atomic E-state index is 12.5. The summed E-state index contributed by atoms with van der Waals surface area (Å²) in [5.41, 5.74) is 1.85. The third-order valence-corrected chi connectivity index (χ3v) is 5.93. The van der Waals surface area contributed by atoms with Crippen molar-refractivity contribution < 1.29 is 9.90 Å². The summed E-state index contributed by atoms with van der Waals surface area (Å²) in [5, 5.41) is 33.7. The number of nitrogens with zero attached hydrogens (tertiary/aromatic N) is 5. The van der Waals surface area contributed by atoms with Gasteiger partial charge in [0.25, 0.3) is 5.91 Å². The minimum absolute atomic E-state index is 0.120. The van der Waals surface area contributed by atoms with Crippen LogP contribution < -0.4 is 16.0 Å². The number of rotatable bonds is 6. The van der Waals surface area contributed by atoms with Gasteiger partial charge in [-0.1, -0.05) is 37.1 Å². The lowest BCUT2D eigenvalue weighted by atomic mass is 9.92. The molecule has 0 spiro atoms. The van der Waals surface area contributed by atoms with E-state index in [0.29, 0.717) is 34.4 Å². The van der Waals surface area contributed by atoms with Crippen LogP contribution in [0.4, 0.5) is 23.1 Å². The zero-order valence-corrected chi connectivity index (χ0v) is 18.8. The van der Waals surface area contributed by atoms with E-state index in [1.165, 1.54) is 10.7 Å². The Hall–Kier alpha value is -4.49. The number of hydrogen-bond donors (Lipinski definition) is 4. The van der Waals surface area contributed by atoms with Gasteiger partial charge >= 0.3 is 0 Å². The van der Waals surface area contributed by atoms with Crippen LogP contribution in [0.5, 0.6) is 0 Å². The topological polar surface area (TPSA) is 140 Å². The molecule has 10 nitrogen and oxygen atoms in total. The fraction of sp³-hybridized carbons (Fsp3) is 0.240. The number of nitrogens with one attached hydrogen (secondary N) is 3. The molecule has 0 unspecified atom stereocenters. The van der Waals surface area contributed by atoms with Gasteiger partial charge in [0, 0.05) is 11.6 Å². The number of anilines is 4. The van der Waals surface area contributed by atoms with E-state index < -0.39 is 6.10 Å². The molecule has 0 aliphatic heterocycles. The van der Waals surface area contributed by atoms with Crippen LogP contribution in [0.15, 0.2) is 60.8 Å². The van der Waals surface area contributed by atoms with Gasteiger partial charge in [0.2, 0.25) is 0 Å². The van der Waals surface area contributed by atoms with E-state index in [1.807, 2.05) is 6.07 Å². The average molecular weight is 469 g/mol. The molecule has 1 aliphatic carbocycles. The number of hydrogen-bond acceptors (Lipinski definition) is 8. The molecule has 2 atom stereocenters. The lowest BCUT2D eigenvalue weighted by molar-refractivity contribution is 0.102. The minimum atomic E-state index is -0.456. The van der Waals surface area contributed by atoms with E-state index in [4.69, 9.17) is 0 Å².